The lowest BCUT2D eigenvalue weighted by Crippen LogP contribution is -2.16. The molecule has 0 aliphatic carbocycles. The molecule has 0 saturated heterocycles. The Hall–Kier alpha value is -1.99. The molecule has 0 spiro atoms. The molecule has 10 heteroatoms. The average molecular weight is 413 g/mol. The van der Waals surface area contributed by atoms with Crippen molar-refractivity contribution in [1.29, 1.82) is 0 Å². The molecule has 4 rings (SSSR count). The zero-order valence-corrected chi connectivity index (χ0v) is 15.6. The van der Waals surface area contributed by atoms with Crippen LogP contribution in [0.3, 0.4) is 0 Å². The van der Waals surface area contributed by atoms with Crippen LogP contribution in [0.25, 0.3) is 10.2 Å². The smallest absolute Gasteiger partial charge is 0.294 e. The SMILES string of the molecule is C#CCn1c(=NS(=O)(=O)c2ccc(Cl)s2)sc2cc3c(cc21)OCO3. The van der Waals surface area contributed by atoms with Gasteiger partial charge in [0.25, 0.3) is 10.0 Å². The van der Waals surface area contributed by atoms with E-state index < -0.39 is 10.0 Å². The van der Waals surface area contributed by atoms with E-state index in [1.165, 1.54) is 23.5 Å². The molecule has 0 radical (unpaired) electrons. The highest BCUT2D eigenvalue weighted by molar-refractivity contribution is 7.92. The number of benzene rings is 1. The number of hydrogen-bond acceptors (Lipinski definition) is 6. The van der Waals surface area contributed by atoms with Gasteiger partial charge >= 0.3 is 0 Å². The summed E-state index contributed by atoms with van der Waals surface area (Å²) in [5, 5.41) is 0. The molecule has 1 aliphatic heterocycles. The molecule has 3 heterocycles. The predicted octanol–water partition coefficient (Wildman–Crippen LogP) is 3.07. The van der Waals surface area contributed by atoms with Gasteiger partial charge in [0.05, 0.1) is 21.1 Å². The summed E-state index contributed by atoms with van der Waals surface area (Å²) < 4.78 is 42.7. The summed E-state index contributed by atoms with van der Waals surface area (Å²) in [6, 6.07) is 6.53. The predicted molar refractivity (Wildman–Crippen MR) is 96.8 cm³/mol. The third-order valence-electron chi connectivity index (χ3n) is 3.43. The van der Waals surface area contributed by atoms with E-state index in [-0.39, 0.29) is 22.3 Å². The number of rotatable bonds is 3. The van der Waals surface area contributed by atoms with Gasteiger partial charge in [-0.25, -0.2) is 0 Å². The van der Waals surface area contributed by atoms with Crippen molar-refractivity contribution in [3.8, 4) is 23.8 Å². The van der Waals surface area contributed by atoms with E-state index >= 15 is 0 Å². The van der Waals surface area contributed by atoms with Crippen molar-refractivity contribution in [2.75, 3.05) is 6.79 Å². The van der Waals surface area contributed by atoms with Gasteiger partial charge in [-0.05, 0) is 12.1 Å². The highest BCUT2D eigenvalue weighted by Gasteiger charge is 2.20. The van der Waals surface area contributed by atoms with Gasteiger partial charge in [-0.15, -0.1) is 22.2 Å². The largest absolute Gasteiger partial charge is 0.454 e. The molecule has 0 atom stereocenters. The summed E-state index contributed by atoms with van der Waals surface area (Å²) in [6.07, 6.45) is 5.44. The first-order valence-corrected chi connectivity index (χ1v) is 10.4. The van der Waals surface area contributed by atoms with Crippen LogP contribution in [0.5, 0.6) is 11.5 Å². The van der Waals surface area contributed by atoms with Gasteiger partial charge in [0, 0.05) is 12.1 Å². The van der Waals surface area contributed by atoms with Gasteiger partial charge in [-0.1, -0.05) is 28.9 Å². The molecule has 25 heavy (non-hydrogen) atoms. The fraction of sp³-hybridized carbons (Fsp3) is 0.133. The van der Waals surface area contributed by atoms with Gasteiger partial charge in [0.2, 0.25) is 11.6 Å². The number of nitrogens with zero attached hydrogens (tertiary/aromatic N) is 2. The maximum Gasteiger partial charge on any atom is 0.294 e. The Labute approximate surface area is 156 Å². The number of aromatic nitrogens is 1. The standard InChI is InChI=1S/C15H9ClN2O4S3/c1-2-5-18-9-6-10-11(22-8-21-10)7-12(9)23-15(18)17-25(19,20)14-4-3-13(16)24-14/h1,3-4,6-7H,5,8H2. The molecule has 0 saturated carbocycles. The quantitative estimate of drug-likeness (QED) is 0.620. The number of hydrogen-bond donors (Lipinski definition) is 0. The van der Waals surface area contributed by atoms with E-state index in [2.05, 4.69) is 10.3 Å². The third-order valence-corrected chi connectivity index (χ3v) is 7.55. The molecule has 0 N–H and O–H groups in total. The lowest BCUT2D eigenvalue weighted by Gasteiger charge is -2.01. The zero-order valence-electron chi connectivity index (χ0n) is 12.4. The summed E-state index contributed by atoms with van der Waals surface area (Å²) in [4.78, 5) is 0.279. The van der Waals surface area contributed by atoms with Crippen LogP contribution < -0.4 is 14.3 Å². The fourth-order valence-corrected chi connectivity index (χ4v) is 6.06. The van der Waals surface area contributed by atoms with Crippen molar-refractivity contribution in [2.24, 2.45) is 4.40 Å². The Kier molecular flexibility index (Phi) is 4.00. The van der Waals surface area contributed by atoms with E-state index in [0.29, 0.717) is 15.8 Å². The van der Waals surface area contributed by atoms with Gasteiger partial charge in [0.15, 0.2) is 11.5 Å². The van der Waals surface area contributed by atoms with Crippen LogP contribution in [-0.2, 0) is 16.6 Å². The van der Waals surface area contributed by atoms with Crippen LogP contribution in [0.4, 0.5) is 0 Å². The fourth-order valence-electron chi connectivity index (χ4n) is 2.36. The molecular formula is C15H9ClN2O4S3. The minimum absolute atomic E-state index is 0.0800. The molecule has 1 aliphatic rings. The first kappa shape index (κ1) is 16.5. The normalized spacial score (nSPS) is 14.2. The number of thiophene rings is 1. The Bertz CT molecular complexity index is 1200. The molecule has 2 aromatic heterocycles. The molecule has 128 valence electrons. The van der Waals surface area contributed by atoms with Crippen molar-refractivity contribution in [3.63, 3.8) is 0 Å². The van der Waals surface area contributed by atoms with Crippen molar-refractivity contribution in [2.45, 2.75) is 10.8 Å². The number of terminal acetylenes is 1. The molecule has 0 amide bonds. The second-order valence-electron chi connectivity index (χ2n) is 4.97. The van der Waals surface area contributed by atoms with Crippen molar-refractivity contribution < 1.29 is 17.9 Å². The maximum atomic E-state index is 12.5. The van der Waals surface area contributed by atoms with Gasteiger partial charge < -0.3 is 14.0 Å². The lowest BCUT2D eigenvalue weighted by molar-refractivity contribution is 0.174. The Balaban J connectivity index is 1.95. The van der Waals surface area contributed by atoms with Gasteiger partial charge in [-0.3, -0.25) is 0 Å². The molecule has 0 bridgehead atoms. The first-order chi connectivity index (χ1) is 12.0. The van der Waals surface area contributed by atoms with Crippen LogP contribution in [-0.4, -0.2) is 19.8 Å². The molecule has 3 aromatic rings. The average Bonchev–Trinajstić information content (AvgIpc) is 3.25. The number of sulfonamides is 1. The number of halogens is 1. The molecule has 0 fully saturated rings. The lowest BCUT2D eigenvalue weighted by atomic mass is 10.3. The molecular weight excluding hydrogens is 404 g/mol. The van der Waals surface area contributed by atoms with Crippen molar-refractivity contribution >= 4 is 54.5 Å². The van der Waals surface area contributed by atoms with Crippen LogP contribution >= 0.6 is 34.3 Å². The van der Waals surface area contributed by atoms with Gasteiger partial charge in [0.1, 0.15) is 4.21 Å². The van der Waals surface area contributed by atoms with Crippen LogP contribution in [0.2, 0.25) is 4.34 Å². The van der Waals surface area contributed by atoms with Crippen LogP contribution in [0.1, 0.15) is 0 Å². The Morgan fingerprint density at radius 3 is 2.72 bits per heavy atom. The second-order valence-corrected chi connectivity index (χ2v) is 9.53. The topological polar surface area (TPSA) is 69.9 Å². The Morgan fingerprint density at radius 1 is 1.28 bits per heavy atom. The van der Waals surface area contributed by atoms with Crippen molar-refractivity contribution in [1.82, 2.24) is 4.57 Å². The number of thiazole rings is 1. The molecule has 0 unspecified atom stereocenters. The molecule has 1 aromatic carbocycles. The van der Waals surface area contributed by atoms with Crippen LogP contribution in [0.15, 0.2) is 32.9 Å². The number of fused-ring (bicyclic) bond motifs is 2. The third kappa shape index (κ3) is 2.91. The summed E-state index contributed by atoms with van der Waals surface area (Å²) in [5.41, 5.74) is 0.741. The summed E-state index contributed by atoms with van der Waals surface area (Å²) in [6.45, 7) is 0.339. The van der Waals surface area contributed by atoms with Gasteiger partial charge in [-0.2, -0.15) is 8.42 Å². The minimum Gasteiger partial charge on any atom is -0.454 e. The highest BCUT2D eigenvalue weighted by Crippen LogP contribution is 2.37. The zero-order chi connectivity index (χ0) is 17.6. The first-order valence-electron chi connectivity index (χ1n) is 6.91. The molecule has 6 nitrogen and oxygen atoms in total. The maximum absolute atomic E-state index is 12.5. The highest BCUT2D eigenvalue weighted by atomic mass is 35.5. The summed E-state index contributed by atoms with van der Waals surface area (Å²) in [5.74, 6) is 3.73. The van der Waals surface area contributed by atoms with E-state index in [0.717, 1.165) is 21.6 Å². The summed E-state index contributed by atoms with van der Waals surface area (Å²) >= 11 is 8.00. The van der Waals surface area contributed by atoms with E-state index in [1.807, 2.05) is 0 Å². The minimum atomic E-state index is -3.88. The van der Waals surface area contributed by atoms with E-state index in [4.69, 9.17) is 27.5 Å². The van der Waals surface area contributed by atoms with E-state index in [9.17, 15) is 8.42 Å². The summed E-state index contributed by atoms with van der Waals surface area (Å²) in [7, 11) is -3.88. The Morgan fingerprint density at radius 2 is 2.04 bits per heavy atom. The second kappa shape index (κ2) is 6.07. The van der Waals surface area contributed by atoms with Crippen LogP contribution in [0, 0.1) is 12.3 Å². The van der Waals surface area contributed by atoms with E-state index in [1.54, 1.807) is 16.7 Å². The monoisotopic (exact) mass is 412 g/mol. The van der Waals surface area contributed by atoms with Crippen molar-refractivity contribution in [3.05, 3.63) is 33.4 Å². The number of ether oxygens (including phenoxy) is 2.